The summed E-state index contributed by atoms with van der Waals surface area (Å²) in [6.45, 7) is 4.70. The second-order valence-electron chi connectivity index (χ2n) is 5.24. The first-order valence-corrected chi connectivity index (χ1v) is 9.14. The molecule has 0 atom stereocenters. The molecule has 0 aliphatic rings. The van der Waals surface area contributed by atoms with E-state index in [-0.39, 0.29) is 11.6 Å². The van der Waals surface area contributed by atoms with Crippen molar-refractivity contribution in [3.05, 3.63) is 59.7 Å². The zero-order valence-electron chi connectivity index (χ0n) is 13.8. The van der Waals surface area contributed by atoms with E-state index in [0.29, 0.717) is 24.7 Å². The normalized spacial score (nSPS) is 11.2. The van der Waals surface area contributed by atoms with E-state index >= 15 is 0 Å². The molecule has 0 aromatic heterocycles. The van der Waals surface area contributed by atoms with Gasteiger partial charge in [0.15, 0.2) is 0 Å². The third kappa shape index (κ3) is 4.33. The fraction of sp³-hybridized carbons (Fsp3) is 0.235. The van der Waals surface area contributed by atoms with Gasteiger partial charge >= 0.3 is 0 Å². The van der Waals surface area contributed by atoms with Crippen LogP contribution in [-0.2, 0) is 10.0 Å². The van der Waals surface area contributed by atoms with E-state index in [1.165, 1.54) is 18.2 Å². The number of carbonyl (C=O) groups excluding carboxylic acids is 1. The lowest BCUT2D eigenvalue weighted by molar-refractivity contribution is 0.0773. The Morgan fingerprint density at radius 3 is 2.40 bits per heavy atom. The number of hydrogen-bond donors (Lipinski definition) is 1. The van der Waals surface area contributed by atoms with E-state index in [2.05, 4.69) is 4.72 Å². The quantitative estimate of drug-likeness (QED) is 0.851. The first-order valence-electron chi connectivity index (χ1n) is 7.65. The van der Waals surface area contributed by atoms with Gasteiger partial charge in [-0.05, 0) is 50.2 Å². The number of hydrogen-bond acceptors (Lipinski definition) is 3. The van der Waals surface area contributed by atoms with Gasteiger partial charge in [0.2, 0.25) is 0 Å². The molecule has 0 bridgehead atoms. The maximum absolute atomic E-state index is 13.7. The van der Waals surface area contributed by atoms with Crippen LogP contribution in [0.1, 0.15) is 24.2 Å². The summed E-state index contributed by atoms with van der Waals surface area (Å²) in [7, 11) is -4.33. The second-order valence-corrected chi connectivity index (χ2v) is 6.89. The molecular weight excluding hydrogens is 350 g/mol. The van der Waals surface area contributed by atoms with Crippen molar-refractivity contribution in [2.45, 2.75) is 18.7 Å². The van der Waals surface area contributed by atoms with Crippen molar-refractivity contribution in [2.75, 3.05) is 17.8 Å². The van der Waals surface area contributed by atoms with Crippen LogP contribution < -0.4 is 4.72 Å². The highest BCUT2D eigenvalue weighted by molar-refractivity contribution is 7.92. The van der Waals surface area contributed by atoms with E-state index in [1.54, 1.807) is 11.0 Å². The van der Waals surface area contributed by atoms with Crippen LogP contribution >= 0.6 is 0 Å². The largest absolute Gasteiger partial charge is 0.339 e. The molecule has 2 aromatic rings. The summed E-state index contributed by atoms with van der Waals surface area (Å²) in [6.07, 6.45) is 0. The topological polar surface area (TPSA) is 66.5 Å². The molecule has 0 aliphatic heterocycles. The number of nitrogens with one attached hydrogen (secondary N) is 1. The third-order valence-corrected chi connectivity index (χ3v) is 4.99. The zero-order valence-corrected chi connectivity index (χ0v) is 14.6. The Labute approximate surface area is 145 Å². The number of amides is 1. The fourth-order valence-corrected chi connectivity index (χ4v) is 3.44. The van der Waals surface area contributed by atoms with Gasteiger partial charge in [-0.3, -0.25) is 9.52 Å². The smallest absolute Gasteiger partial charge is 0.264 e. The first-order chi connectivity index (χ1) is 11.8. The highest BCUT2D eigenvalue weighted by atomic mass is 32.2. The predicted octanol–water partition coefficient (Wildman–Crippen LogP) is 3.25. The molecule has 5 nitrogen and oxygen atoms in total. The summed E-state index contributed by atoms with van der Waals surface area (Å²) in [6, 6.07) is 8.02. The highest BCUT2D eigenvalue weighted by Crippen LogP contribution is 2.21. The van der Waals surface area contributed by atoms with E-state index < -0.39 is 26.6 Å². The van der Waals surface area contributed by atoms with Crippen LogP contribution in [0, 0.1) is 11.6 Å². The van der Waals surface area contributed by atoms with Crippen molar-refractivity contribution in [2.24, 2.45) is 0 Å². The molecule has 1 amide bonds. The van der Waals surface area contributed by atoms with Gasteiger partial charge in [0, 0.05) is 24.3 Å². The van der Waals surface area contributed by atoms with Crippen LogP contribution in [0.2, 0.25) is 0 Å². The van der Waals surface area contributed by atoms with Crippen molar-refractivity contribution < 1.29 is 22.0 Å². The van der Waals surface area contributed by atoms with Gasteiger partial charge in [-0.25, -0.2) is 17.2 Å². The molecule has 1 N–H and O–H groups in total. The number of anilines is 1. The Kier molecular flexibility index (Phi) is 5.73. The lowest BCUT2D eigenvalue weighted by Gasteiger charge is -2.19. The van der Waals surface area contributed by atoms with Crippen molar-refractivity contribution >= 4 is 21.6 Å². The van der Waals surface area contributed by atoms with Crippen molar-refractivity contribution in [1.82, 2.24) is 4.90 Å². The van der Waals surface area contributed by atoms with E-state index in [9.17, 15) is 22.0 Å². The van der Waals surface area contributed by atoms with Crippen LogP contribution in [-0.4, -0.2) is 32.3 Å². The Balaban J connectivity index is 2.33. The van der Waals surface area contributed by atoms with Crippen LogP contribution in [0.15, 0.2) is 47.4 Å². The standard InChI is InChI=1S/C17H18F2N2O3S/c1-3-21(4-2)17(22)12-6-5-7-14(10-12)20-25(23,24)16-11-13(18)8-9-15(16)19/h5-11,20H,3-4H2,1-2H3. The second kappa shape index (κ2) is 7.60. The minimum Gasteiger partial charge on any atom is -0.339 e. The SMILES string of the molecule is CCN(CC)C(=O)c1cccc(NS(=O)(=O)c2cc(F)ccc2F)c1. The fourth-order valence-electron chi connectivity index (χ4n) is 2.30. The van der Waals surface area contributed by atoms with Crippen molar-refractivity contribution in [3.63, 3.8) is 0 Å². The van der Waals surface area contributed by atoms with Crippen LogP contribution in [0.4, 0.5) is 14.5 Å². The van der Waals surface area contributed by atoms with E-state index in [4.69, 9.17) is 0 Å². The summed E-state index contributed by atoms with van der Waals surface area (Å²) in [5.74, 6) is -2.18. The molecule has 0 aliphatic carbocycles. The van der Waals surface area contributed by atoms with Crippen LogP contribution in [0.5, 0.6) is 0 Å². The number of sulfonamides is 1. The van der Waals surface area contributed by atoms with Crippen molar-refractivity contribution in [3.8, 4) is 0 Å². The molecule has 2 rings (SSSR count). The molecule has 0 heterocycles. The molecule has 134 valence electrons. The highest BCUT2D eigenvalue weighted by Gasteiger charge is 2.21. The van der Waals surface area contributed by atoms with E-state index in [0.717, 1.165) is 12.1 Å². The summed E-state index contributed by atoms with van der Waals surface area (Å²) in [5, 5.41) is 0. The van der Waals surface area contributed by atoms with Gasteiger partial charge in [-0.1, -0.05) is 6.07 Å². The summed E-state index contributed by atoms with van der Waals surface area (Å²) >= 11 is 0. The van der Waals surface area contributed by atoms with Gasteiger partial charge in [0.25, 0.3) is 15.9 Å². The average molecular weight is 368 g/mol. The molecule has 2 aromatic carbocycles. The molecular formula is C17H18F2N2O3S. The molecule has 0 unspecified atom stereocenters. The monoisotopic (exact) mass is 368 g/mol. The lowest BCUT2D eigenvalue weighted by atomic mass is 10.2. The van der Waals surface area contributed by atoms with Crippen molar-refractivity contribution in [1.29, 1.82) is 0 Å². The summed E-state index contributed by atoms with van der Waals surface area (Å²) in [5.41, 5.74) is 0.380. The first kappa shape index (κ1) is 18.9. The van der Waals surface area contributed by atoms with Gasteiger partial charge in [-0.2, -0.15) is 0 Å². The molecule has 8 heteroatoms. The van der Waals surface area contributed by atoms with Crippen LogP contribution in [0.3, 0.4) is 0 Å². The maximum Gasteiger partial charge on any atom is 0.264 e. The minimum absolute atomic E-state index is 0.0849. The summed E-state index contributed by atoms with van der Waals surface area (Å²) < 4.78 is 53.7. The number of carbonyl (C=O) groups is 1. The zero-order chi connectivity index (χ0) is 18.6. The molecule has 0 saturated carbocycles. The molecule has 25 heavy (non-hydrogen) atoms. The molecule has 0 fully saturated rings. The Hall–Kier alpha value is -2.48. The molecule has 0 radical (unpaired) electrons. The van der Waals surface area contributed by atoms with E-state index in [1.807, 2.05) is 13.8 Å². The lowest BCUT2D eigenvalue weighted by Crippen LogP contribution is -2.30. The van der Waals surface area contributed by atoms with Gasteiger partial charge < -0.3 is 4.90 Å². The Morgan fingerprint density at radius 1 is 1.08 bits per heavy atom. The maximum atomic E-state index is 13.7. The molecule has 0 spiro atoms. The third-order valence-electron chi connectivity index (χ3n) is 3.60. The Morgan fingerprint density at radius 2 is 1.76 bits per heavy atom. The average Bonchev–Trinajstić information content (AvgIpc) is 2.57. The van der Waals surface area contributed by atoms with Gasteiger partial charge in [0.05, 0.1) is 0 Å². The van der Waals surface area contributed by atoms with Crippen LogP contribution in [0.25, 0.3) is 0 Å². The predicted molar refractivity (Wildman–Crippen MR) is 90.9 cm³/mol. The Bertz CT molecular complexity index is 881. The number of rotatable bonds is 6. The van der Waals surface area contributed by atoms with Gasteiger partial charge in [-0.15, -0.1) is 0 Å². The number of halogens is 2. The molecule has 0 saturated heterocycles. The van der Waals surface area contributed by atoms with Gasteiger partial charge in [0.1, 0.15) is 16.5 Å². The summed E-state index contributed by atoms with van der Waals surface area (Å²) in [4.78, 5) is 13.1. The minimum atomic E-state index is -4.33. The number of benzene rings is 2. The number of nitrogens with zero attached hydrogens (tertiary/aromatic N) is 1.